The van der Waals surface area contributed by atoms with Crippen LogP contribution in [0, 0.1) is 5.41 Å². The zero-order valence-corrected chi connectivity index (χ0v) is 17.3. The van der Waals surface area contributed by atoms with Crippen LogP contribution in [0.15, 0.2) is 30.3 Å². The number of ether oxygens (including phenoxy) is 1. The third-order valence-corrected chi connectivity index (χ3v) is 4.20. The first kappa shape index (κ1) is 20.8. The lowest BCUT2D eigenvalue weighted by molar-refractivity contribution is -0.120. The van der Waals surface area contributed by atoms with E-state index in [2.05, 4.69) is 20.2 Å². The zero-order valence-electron chi connectivity index (χ0n) is 16.5. The van der Waals surface area contributed by atoms with Crippen LogP contribution in [0.1, 0.15) is 41.5 Å². The average Bonchev–Trinajstić information content (AvgIpc) is 2.98. The second-order valence-electron chi connectivity index (χ2n) is 8.25. The number of benzene rings is 1. The Morgan fingerprint density at radius 3 is 2.26 bits per heavy atom. The molecule has 2 N–H and O–H groups in total. The number of nitrogens with zero attached hydrogens (tertiary/aromatic N) is 2. The lowest BCUT2D eigenvalue weighted by Crippen LogP contribution is -2.52. The minimum atomic E-state index is -0.793. The van der Waals surface area contributed by atoms with Crippen LogP contribution in [0.2, 0.25) is 0 Å². The molecule has 7 nitrogen and oxygen atoms in total. The van der Waals surface area contributed by atoms with Gasteiger partial charge in [0.25, 0.3) is 0 Å². The molecule has 0 aliphatic carbocycles. The molecule has 0 aliphatic heterocycles. The molecule has 2 aromatic rings. The molecule has 1 aromatic carbocycles. The van der Waals surface area contributed by atoms with Gasteiger partial charge in [0.2, 0.25) is 5.91 Å². The molecule has 146 valence electrons. The Morgan fingerprint density at radius 1 is 1.07 bits per heavy atom. The monoisotopic (exact) mass is 390 g/mol. The first-order valence-electron chi connectivity index (χ1n) is 8.65. The molecule has 0 saturated heterocycles. The Balaban J connectivity index is 2.18. The number of rotatable bonds is 4. The minimum Gasteiger partial charge on any atom is -0.444 e. The van der Waals surface area contributed by atoms with Gasteiger partial charge in [-0.1, -0.05) is 55.6 Å². The highest BCUT2D eigenvalue weighted by atomic mass is 32.1. The van der Waals surface area contributed by atoms with Crippen LogP contribution in [0.4, 0.5) is 9.80 Å². The largest absolute Gasteiger partial charge is 0.444 e. The van der Waals surface area contributed by atoms with Gasteiger partial charge in [-0.15, -0.1) is 5.10 Å². The first-order valence-corrected chi connectivity index (χ1v) is 9.43. The van der Waals surface area contributed by atoms with E-state index in [1.165, 1.54) is 0 Å². The van der Waals surface area contributed by atoms with Crippen LogP contribution in [-0.2, 0) is 9.53 Å². The summed E-state index contributed by atoms with van der Waals surface area (Å²) in [5.74, 6) is -0.350. The Bertz CT molecular complexity index is 791. The van der Waals surface area contributed by atoms with E-state index in [1.54, 1.807) is 20.8 Å². The van der Waals surface area contributed by atoms with Crippen molar-refractivity contribution in [3.8, 4) is 11.3 Å². The topological polar surface area (TPSA) is 93.2 Å². The highest BCUT2D eigenvalue weighted by Crippen LogP contribution is 2.30. The molecule has 1 aromatic heterocycles. The summed E-state index contributed by atoms with van der Waals surface area (Å²) in [4.78, 5) is 25.1. The number of nitrogens with one attached hydrogen (secondary N) is 2. The number of hydrogen-bond acceptors (Lipinski definition) is 6. The molecule has 0 bridgehead atoms. The molecule has 1 heterocycles. The van der Waals surface area contributed by atoms with Gasteiger partial charge in [-0.2, -0.15) is 0 Å². The van der Waals surface area contributed by atoms with Gasteiger partial charge in [0.05, 0.1) is 0 Å². The second kappa shape index (κ2) is 8.04. The van der Waals surface area contributed by atoms with Crippen LogP contribution in [-0.4, -0.2) is 33.2 Å². The number of carbonyl (C=O) groups excluding carboxylic acids is 2. The van der Waals surface area contributed by atoms with E-state index in [1.807, 2.05) is 51.1 Å². The quantitative estimate of drug-likeness (QED) is 0.820. The highest BCUT2D eigenvalue weighted by molar-refractivity contribution is 7.10. The average molecular weight is 391 g/mol. The van der Waals surface area contributed by atoms with Gasteiger partial charge >= 0.3 is 6.09 Å². The number of alkyl carbamates (subject to hydrolysis) is 1. The van der Waals surface area contributed by atoms with E-state index in [-0.39, 0.29) is 5.91 Å². The summed E-state index contributed by atoms with van der Waals surface area (Å²) in [7, 11) is 0. The zero-order chi connectivity index (χ0) is 20.2. The van der Waals surface area contributed by atoms with Crippen molar-refractivity contribution in [1.29, 1.82) is 0 Å². The highest BCUT2D eigenvalue weighted by Gasteiger charge is 2.35. The first-order chi connectivity index (χ1) is 12.5. The third kappa shape index (κ3) is 6.02. The summed E-state index contributed by atoms with van der Waals surface area (Å²) in [6.07, 6.45) is -0.636. The molecule has 8 heteroatoms. The Morgan fingerprint density at radius 2 is 1.70 bits per heavy atom. The summed E-state index contributed by atoms with van der Waals surface area (Å²) in [5, 5.41) is 10.2. The summed E-state index contributed by atoms with van der Waals surface area (Å²) in [6, 6.07) is 8.68. The molecule has 0 aliphatic rings. The summed E-state index contributed by atoms with van der Waals surface area (Å²) in [6.45, 7) is 10.9. The van der Waals surface area contributed by atoms with Gasteiger partial charge in [0.1, 0.15) is 22.3 Å². The molecule has 27 heavy (non-hydrogen) atoms. The molecule has 2 rings (SSSR count). The van der Waals surface area contributed by atoms with Crippen LogP contribution in [0.3, 0.4) is 0 Å². The van der Waals surface area contributed by atoms with Gasteiger partial charge in [-0.25, -0.2) is 4.79 Å². The Labute approximate surface area is 163 Å². The molecule has 0 saturated carbocycles. The SMILES string of the molecule is CC(C)(C)OC(=O)N[C@H](C(=O)Nc1snnc1-c1ccccc1)C(C)(C)C. The van der Waals surface area contributed by atoms with Crippen molar-refractivity contribution in [3.63, 3.8) is 0 Å². The molecular weight excluding hydrogens is 364 g/mol. The maximum absolute atomic E-state index is 12.9. The van der Waals surface area contributed by atoms with Crippen molar-refractivity contribution in [3.05, 3.63) is 30.3 Å². The van der Waals surface area contributed by atoms with E-state index >= 15 is 0 Å². The van der Waals surface area contributed by atoms with Crippen LogP contribution in [0.25, 0.3) is 11.3 Å². The normalized spacial score (nSPS) is 13.0. The van der Waals surface area contributed by atoms with Crippen LogP contribution >= 0.6 is 11.5 Å². The standard InChI is InChI=1S/C19H26N4O3S/c1-18(2,3)14(20-17(25)26-19(4,5)6)15(24)21-16-13(22-23-27-16)12-10-8-7-9-11-12/h7-11,14H,1-6H3,(H,20,25)(H,21,24)/t14-/m1/s1. The van der Waals surface area contributed by atoms with Gasteiger partial charge in [0.15, 0.2) is 0 Å². The second-order valence-corrected chi connectivity index (χ2v) is 9.01. The van der Waals surface area contributed by atoms with E-state index in [4.69, 9.17) is 4.74 Å². The molecule has 2 amide bonds. The number of aromatic nitrogens is 2. The number of hydrogen-bond donors (Lipinski definition) is 2. The van der Waals surface area contributed by atoms with Gasteiger partial charge in [0, 0.05) is 17.1 Å². The fourth-order valence-electron chi connectivity index (χ4n) is 2.34. The van der Waals surface area contributed by atoms with Crippen molar-refractivity contribution in [2.45, 2.75) is 53.2 Å². The Kier molecular flexibility index (Phi) is 6.20. The van der Waals surface area contributed by atoms with E-state index < -0.39 is 23.2 Å². The molecule has 0 spiro atoms. The van der Waals surface area contributed by atoms with Gasteiger partial charge < -0.3 is 15.4 Å². The lowest BCUT2D eigenvalue weighted by atomic mass is 9.86. The summed E-state index contributed by atoms with van der Waals surface area (Å²) in [5.41, 5.74) is 0.282. The summed E-state index contributed by atoms with van der Waals surface area (Å²) >= 11 is 1.09. The van der Waals surface area contributed by atoms with E-state index in [9.17, 15) is 9.59 Å². The van der Waals surface area contributed by atoms with Crippen LogP contribution in [0.5, 0.6) is 0 Å². The number of carbonyl (C=O) groups is 2. The fourth-order valence-corrected chi connectivity index (χ4v) is 2.94. The van der Waals surface area contributed by atoms with E-state index in [0.717, 1.165) is 17.1 Å². The molecule has 1 atom stereocenters. The summed E-state index contributed by atoms with van der Waals surface area (Å²) < 4.78 is 9.24. The smallest absolute Gasteiger partial charge is 0.408 e. The molecule has 0 fully saturated rings. The van der Waals surface area contributed by atoms with Crippen LogP contribution < -0.4 is 10.6 Å². The van der Waals surface area contributed by atoms with Crippen molar-refractivity contribution in [1.82, 2.24) is 14.9 Å². The van der Waals surface area contributed by atoms with Gasteiger partial charge in [-0.3, -0.25) is 4.79 Å². The molecule has 0 unspecified atom stereocenters. The predicted molar refractivity (Wildman–Crippen MR) is 107 cm³/mol. The van der Waals surface area contributed by atoms with Crippen molar-refractivity contribution < 1.29 is 14.3 Å². The van der Waals surface area contributed by atoms with Crippen molar-refractivity contribution in [2.24, 2.45) is 5.41 Å². The minimum absolute atomic E-state index is 0.350. The maximum Gasteiger partial charge on any atom is 0.408 e. The lowest BCUT2D eigenvalue weighted by Gasteiger charge is -2.31. The number of amides is 2. The van der Waals surface area contributed by atoms with Crippen molar-refractivity contribution in [2.75, 3.05) is 5.32 Å². The maximum atomic E-state index is 12.9. The fraction of sp³-hybridized carbons (Fsp3) is 0.474. The van der Waals surface area contributed by atoms with Gasteiger partial charge in [-0.05, 0) is 26.2 Å². The Hall–Kier alpha value is -2.48. The number of anilines is 1. The predicted octanol–water partition coefficient (Wildman–Crippen LogP) is 4.08. The molecule has 0 radical (unpaired) electrons. The van der Waals surface area contributed by atoms with E-state index in [0.29, 0.717) is 10.7 Å². The molecular formula is C19H26N4O3S. The van der Waals surface area contributed by atoms with Crippen molar-refractivity contribution >= 4 is 28.5 Å². The third-order valence-electron chi connectivity index (χ3n) is 3.56.